The van der Waals surface area contributed by atoms with Crippen LogP contribution in [0.1, 0.15) is 11.3 Å². The molecule has 1 saturated heterocycles. The molecular formula is C24H23N3O3S. The molecule has 0 radical (unpaired) electrons. The average molecular weight is 434 g/mol. The fourth-order valence-corrected chi connectivity index (χ4v) is 4.59. The third kappa shape index (κ3) is 5.25. The van der Waals surface area contributed by atoms with Crippen molar-refractivity contribution >= 4 is 39.0 Å². The van der Waals surface area contributed by atoms with Crippen LogP contribution in [-0.4, -0.2) is 54.7 Å². The number of rotatable bonds is 5. The summed E-state index contributed by atoms with van der Waals surface area (Å²) >= 11 is 0. The molecule has 0 aliphatic carbocycles. The van der Waals surface area contributed by atoms with E-state index in [4.69, 9.17) is 0 Å². The molecular weight excluding hydrogens is 410 g/mol. The Morgan fingerprint density at radius 2 is 1.55 bits per heavy atom. The van der Waals surface area contributed by atoms with Gasteiger partial charge in [-0.1, -0.05) is 54.6 Å². The minimum Gasteiger partial charge on any atom is -0.337 e. The van der Waals surface area contributed by atoms with Gasteiger partial charge in [-0.2, -0.15) is 4.31 Å². The van der Waals surface area contributed by atoms with Crippen LogP contribution in [0.15, 0.2) is 78.2 Å². The molecule has 31 heavy (non-hydrogen) atoms. The number of benzene rings is 2. The molecule has 4 rings (SSSR count). The first kappa shape index (κ1) is 21.0. The number of carbonyl (C=O) groups is 1. The summed E-state index contributed by atoms with van der Waals surface area (Å²) in [5.74, 6) is -0.146. The third-order valence-corrected chi connectivity index (χ3v) is 6.72. The normalized spacial score (nSPS) is 15.8. The van der Waals surface area contributed by atoms with Crippen LogP contribution < -0.4 is 0 Å². The second-order valence-electron chi connectivity index (χ2n) is 7.24. The summed E-state index contributed by atoms with van der Waals surface area (Å²) in [6, 6.07) is 20.9. The van der Waals surface area contributed by atoms with Gasteiger partial charge in [0.05, 0.1) is 11.2 Å². The molecule has 0 saturated carbocycles. The maximum Gasteiger partial charge on any atom is 0.246 e. The number of pyridine rings is 1. The lowest BCUT2D eigenvalue weighted by Crippen LogP contribution is -2.49. The van der Waals surface area contributed by atoms with Crippen LogP contribution in [0.4, 0.5) is 0 Å². The van der Waals surface area contributed by atoms with Gasteiger partial charge in [-0.25, -0.2) is 13.4 Å². The molecule has 1 fully saturated rings. The first-order chi connectivity index (χ1) is 15.0. The number of carbonyl (C=O) groups excluding carboxylic acids is 1. The molecule has 6 nitrogen and oxygen atoms in total. The Bertz CT molecular complexity index is 1230. The molecule has 0 bridgehead atoms. The molecule has 1 aliphatic rings. The lowest BCUT2D eigenvalue weighted by Gasteiger charge is -2.32. The van der Waals surface area contributed by atoms with Gasteiger partial charge in [0, 0.05) is 43.0 Å². The molecule has 1 aromatic heterocycles. The van der Waals surface area contributed by atoms with Crippen LogP contribution in [-0.2, 0) is 14.8 Å². The van der Waals surface area contributed by atoms with Crippen molar-refractivity contribution in [1.82, 2.24) is 14.2 Å². The predicted molar refractivity (Wildman–Crippen MR) is 123 cm³/mol. The van der Waals surface area contributed by atoms with E-state index in [1.165, 1.54) is 15.8 Å². The van der Waals surface area contributed by atoms with E-state index in [1.807, 2.05) is 66.7 Å². The Morgan fingerprint density at radius 3 is 2.32 bits per heavy atom. The van der Waals surface area contributed by atoms with E-state index in [0.717, 1.165) is 16.5 Å². The van der Waals surface area contributed by atoms with Gasteiger partial charge in [0.1, 0.15) is 0 Å². The number of sulfonamides is 1. The Labute approximate surface area is 182 Å². The van der Waals surface area contributed by atoms with Crippen LogP contribution in [0.25, 0.3) is 23.1 Å². The number of nitrogens with zero attached hydrogens (tertiary/aromatic N) is 3. The van der Waals surface area contributed by atoms with E-state index in [0.29, 0.717) is 18.8 Å². The largest absolute Gasteiger partial charge is 0.337 e. The van der Waals surface area contributed by atoms with Crippen LogP contribution >= 0.6 is 0 Å². The van der Waals surface area contributed by atoms with Gasteiger partial charge < -0.3 is 4.90 Å². The first-order valence-corrected chi connectivity index (χ1v) is 11.6. The maximum atomic E-state index is 12.6. The van der Waals surface area contributed by atoms with Crippen molar-refractivity contribution in [3.8, 4) is 0 Å². The highest BCUT2D eigenvalue weighted by atomic mass is 32.2. The second-order valence-corrected chi connectivity index (χ2v) is 9.06. The van der Waals surface area contributed by atoms with Crippen molar-refractivity contribution in [2.45, 2.75) is 0 Å². The zero-order valence-electron chi connectivity index (χ0n) is 17.0. The molecule has 0 N–H and O–H groups in total. The number of hydrogen-bond donors (Lipinski definition) is 0. The Morgan fingerprint density at radius 1 is 0.839 bits per heavy atom. The fraction of sp³-hybridized carbons (Fsp3) is 0.167. The molecule has 1 amide bonds. The van der Waals surface area contributed by atoms with Crippen molar-refractivity contribution < 1.29 is 13.2 Å². The van der Waals surface area contributed by atoms with Crippen LogP contribution in [0.2, 0.25) is 0 Å². The van der Waals surface area contributed by atoms with Crippen molar-refractivity contribution in [2.75, 3.05) is 26.2 Å². The van der Waals surface area contributed by atoms with Crippen molar-refractivity contribution in [2.24, 2.45) is 0 Å². The Kier molecular flexibility index (Phi) is 6.25. The van der Waals surface area contributed by atoms with E-state index < -0.39 is 10.0 Å². The van der Waals surface area contributed by atoms with Crippen molar-refractivity contribution in [3.63, 3.8) is 0 Å². The van der Waals surface area contributed by atoms with Gasteiger partial charge in [-0.05, 0) is 29.8 Å². The highest BCUT2D eigenvalue weighted by Gasteiger charge is 2.26. The fourth-order valence-electron chi connectivity index (χ4n) is 3.41. The number of piperazine rings is 1. The molecule has 0 spiro atoms. The lowest BCUT2D eigenvalue weighted by molar-refractivity contribution is -0.127. The standard InChI is InChI=1S/C24H23N3O3S/c28-24(13-12-22-11-10-21-8-4-5-9-23(21)25-22)26-15-17-27(18-16-26)31(29,30)19-14-20-6-2-1-3-7-20/h1-14,19H,15-18H2/b13-12-,19-14-. The molecule has 0 atom stereocenters. The maximum absolute atomic E-state index is 12.6. The number of aromatic nitrogens is 1. The molecule has 3 aromatic rings. The quantitative estimate of drug-likeness (QED) is 0.579. The summed E-state index contributed by atoms with van der Waals surface area (Å²) in [4.78, 5) is 18.7. The van der Waals surface area contributed by atoms with E-state index in [2.05, 4.69) is 4.98 Å². The van der Waals surface area contributed by atoms with Gasteiger partial charge in [0.25, 0.3) is 0 Å². The molecule has 0 unspecified atom stereocenters. The van der Waals surface area contributed by atoms with Gasteiger partial charge in [0.2, 0.25) is 15.9 Å². The SMILES string of the molecule is O=C(/C=C\c1ccc2ccccc2n1)N1CCN(S(=O)(=O)/C=C\c2ccccc2)CC1. The van der Waals surface area contributed by atoms with Crippen LogP contribution in [0.5, 0.6) is 0 Å². The second kappa shape index (κ2) is 9.24. The lowest BCUT2D eigenvalue weighted by atomic mass is 10.2. The van der Waals surface area contributed by atoms with Crippen LogP contribution in [0, 0.1) is 0 Å². The third-order valence-electron chi connectivity index (χ3n) is 5.16. The van der Waals surface area contributed by atoms with Crippen molar-refractivity contribution in [1.29, 1.82) is 0 Å². The minimum absolute atomic E-state index is 0.146. The zero-order chi connectivity index (χ0) is 21.7. The monoisotopic (exact) mass is 433 g/mol. The highest BCUT2D eigenvalue weighted by molar-refractivity contribution is 7.92. The van der Waals surface area contributed by atoms with E-state index in [-0.39, 0.29) is 19.0 Å². The predicted octanol–water partition coefficient (Wildman–Crippen LogP) is 3.39. The number of hydrogen-bond acceptors (Lipinski definition) is 4. The van der Waals surface area contributed by atoms with Gasteiger partial charge in [-0.15, -0.1) is 0 Å². The van der Waals surface area contributed by atoms with Gasteiger partial charge >= 0.3 is 0 Å². The Balaban J connectivity index is 1.34. The van der Waals surface area contributed by atoms with Crippen LogP contribution in [0.3, 0.4) is 0 Å². The number of amides is 1. The zero-order valence-corrected chi connectivity index (χ0v) is 17.8. The minimum atomic E-state index is -3.52. The molecule has 2 aromatic carbocycles. The summed E-state index contributed by atoms with van der Waals surface area (Å²) in [7, 11) is -3.52. The first-order valence-electron chi connectivity index (χ1n) is 10.1. The number of fused-ring (bicyclic) bond motifs is 1. The van der Waals surface area contributed by atoms with E-state index in [1.54, 1.807) is 17.1 Å². The smallest absolute Gasteiger partial charge is 0.246 e. The van der Waals surface area contributed by atoms with Gasteiger partial charge in [0.15, 0.2) is 0 Å². The van der Waals surface area contributed by atoms with Crippen molar-refractivity contribution in [3.05, 3.63) is 89.5 Å². The number of para-hydroxylation sites is 1. The molecule has 158 valence electrons. The van der Waals surface area contributed by atoms with E-state index in [9.17, 15) is 13.2 Å². The summed E-state index contributed by atoms with van der Waals surface area (Å²) < 4.78 is 26.5. The molecule has 1 aliphatic heterocycles. The average Bonchev–Trinajstić information content (AvgIpc) is 2.82. The summed E-state index contributed by atoms with van der Waals surface area (Å²) in [6.45, 7) is 1.25. The Hall–Kier alpha value is -3.29. The van der Waals surface area contributed by atoms with Gasteiger partial charge in [-0.3, -0.25) is 4.79 Å². The molecule has 7 heteroatoms. The summed E-state index contributed by atoms with van der Waals surface area (Å²) in [6.07, 6.45) is 4.78. The highest BCUT2D eigenvalue weighted by Crippen LogP contribution is 2.14. The molecule has 2 heterocycles. The topological polar surface area (TPSA) is 70.6 Å². The van der Waals surface area contributed by atoms with E-state index >= 15 is 0 Å². The summed E-state index contributed by atoms with van der Waals surface area (Å²) in [5.41, 5.74) is 2.41. The summed E-state index contributed by atoms with van der Waals surface area (Å²) in [5, 5.41) is 2.27.